The van der Waals surface area contributed by atoms with Crippen LogP contribution < -0.4 is 5.32 Å². The van der Waals surface area contributed by atoms with Crippen LogP contribution in [0.3, 0.4) is 0 Å². The van der Waals surface area contributed by atoms with E-state index in [2.05, 4.69) is 37.2 Å². The Morgan fingerprint density at radius 2 is 1.92 bits per heavy atom. The quantitative estimate of drug-likeness (QED) is 0.716. The molecule has 3 rings (SSSR count). The Labute approximate surface area is 161 Å². The van der Waals surface area contributed by atoms with E-state index in [0.29, 0.717) is 17.0 Å². The molecule has 1 aliphatic rings. The van der Waals surface area contributed by atoms with Crippen molar-refractivity contribution in [1.29, 1.82) is 0 Å². The van der Waals surface area contributed by atoms with Crippen LogP contribution in [0.15, 0.2) is 38.6 Å². The number of thiophene rings is 1. The van der Waals surface area contributed by atoms with Gasteiger partial charge in [0.2, 0.25) is 0 Å². The highest BCUT2D eigenvalue weighted by atomic mass is 79.9. The van der Waals surface area contributed by atoms with Crippen LogP contribution in [-0.2, 0) is 6.54 Å². The summed E-state index contributed by atoms with van der Waals surface area (Å²) in [5.41, 5.74) is 1.60. The molecule has 1 N–H and O–H groups in total. The zero-order valence-electron chi connectivity index (χ0n) is 12.9. The molecule has 0 saturated carbocycles. The van der Waals surface area contributed by atoms with Gasteiger partial charge >= 0.3 is 0 Å². The lowest BCUT2D eigenvalue weighted by Gasteiger charge is -2.15. The average molecular weight is 472 g/mol. The SMILES string of the molecule is O=C(NCc1cccc(C(=O)N2CCCC2)c1)c1cc(Br)c(Br)s1. The zero-order chi connectivity index (χ0) is 17.1. The Morgan fingerprint density at radius 1 is 1.17 bits per heavy atom. The molecular weight excluding hydrogens is 456 g/mol. The normalized spacial score (nSPS) is 14.0. The Kier molecular flexibility index (Phi) is 5.73. The van der Waals surface area contributed by atoms with E-state index in [1.807, 2.05) is 29.2 Å². The molecule has 0 aliphatic carbocycles. The minimum atomic E-state index is -0.123. The smallest absolute Gasteiger partial charge is 0.261 e. The lowest BCUT2D eigenvalue weighted by atomic mass is 10.1. The fourth-order valence-electron chi connectivity index (χ4n) is 2.65. The Morgan fingerprint density at radius 3 is 2.58 bits per heavy atom. The van der Waals surface area contributed by atoms with Crippen LogP contribution in [0.25, 0.3) is 0 Å². The van der Waals surface area contributed by atoms with E-state index in [1.54, 1.807) is 6.07 Å². The van der Waals surface area contributed by atoms with Crippen molar-refractivity contribution in [3.05, 3.63) is 54.6 Å². The summed E-state index contributed by atoms with van der Waals surface area (Å²) in [5.74, 6) is -0.0468. The third-order valence-electron chi connectivity index (χ3n) is 3.89. The molecule has 1 aliphatic heterocycles. The Balaban J connectivity index is 1.64. The second-order valence-corrected chi connectivity index (χ2v) is 8.84. The number of amides is 2. The number of rotatable bonds is 4. The van der Waals surface area contributed by atoms with Gasteiger partial charge in [-0.05, 0) is 68.5 Å². The average Bonchev–Trinajstić information content (AvgIpc) is 3.23. The van der Waals surface area contributed by atoms with Crippen LogP contribution in [0, 0.1) is 0 Å². The number of benzene rings is 1. The van der Waals surface area contributed by atoms with E-state index in [1.165, 1.54) is 11.3 Å². The van der Waals surface area contributed by atoms with Crippen molar-refractivity contribution in [1.82, 2.24) is 10.2 Å². The van der Waals surface area contributed by atoms with Crippen molar-refractivity contribution < 1.29 is 9.59 Å². The molecule has 1 fully saturated rings. The summed E-state index contributed by atoms with van der Waals surface area (Å²) in [6.07, 6.45) is 2.15. The van der Waals surface area contributed by atoms with Crippen molar-refractivity contribution in [2.24, 2.45) is 0 Å². The molecule has 0 spiro atoms. The Bertz CT molecular complexity index is 750. The van der Waals surface area contributed by atoms with Gasteiger partial charge in [0.25, 0.3) is 11.8 Å². The van der Waals surface area contributed by atoms with Crippen LogP contribution in [0.5, 0.6) is 0 Å². The topological polar surface area (TPSA) is 49.4 Å². The lowest BCUT2D eigenvalue weighted by Crippen LogP contribution is -2.28. The summed E-state index contributed by atoms with van der Waals surface area (Å²) in [5, 5.41) is 2.90. The van der Waals surface area contributed by atoms with E-state index in [4.69, 9.17) is 0 Å². The van der Waals surface area contributed by atoms with Gasteiger partial charge in [-0.25, -0.2) is 0 Å². The van der Waals surface area contributed by atoms with Crippen molar-refractivity contribution in [2.45, 2.75) is 19.4 Å². The maximum Gasteiger partial charge on any atom is 0.261 e. The van der Waals surface area contributed by atoms with Gasteiger partial charge in [0.15, 0.2) is 0 Å². The largest absolute Gasteiger partial charge is 0.347 e. The van der Waals surface area contributed by atoms with Crippen LogP contribution in [0.2, 0.25) is 0 Å². The summed E-state index contributed by atoms with van der Waals surface area (Å²) in [6, 6.07) is 9.27. The van der Waals surface area contributed by atoms with Gasteiger partial charge in [0, 0.05) is 29.7 Å². The molecule has 0 bridgehead atoms. The number of likely N-dealkylation sites (tertiary alicyclic amines) is 1. The van der Waals surface area contributed by atoms with E-state index in [-0.39, 0.29) is 11.8 Å². The first-order valence-electron chi connectivity index (χ1n) is 7.66. The summed E-state index contributed by atoms with van der Waals surface area (Å²) in [7, 11) is 0. The van der Waals surface area contributed by atoms with Gasteiger partial charge in [0.1, 0.15) is 0 Å². The monoisotopic (exact) mass is 470 g/mol. The zero-order valence-corrected chi connectivity index (χ0v) is 16.8. The first kappa shape index (κ1) is 17.6. The summed E-state index contributed by atoms with van der Waals surface area (Å²) < 4.78 is 1.77. The molecule has 1 saturated heterocycles. The molecule has 2 aromatic rings. The molecule has 1 aromatic carbocycles. The fourth-order valence-corrected chi connectivity index (χ4v) is 4.60. The highest BCUT2D eigenvalue weighted by Crippen LogP contribution is 2.32. The molecule has 2 amide bonds. The molecule has 0 radical (unpaired) electrons. The van der Waals surface area contributed by atoms with Crippen molar-refractivity contribution >= 4 is 55.0 Å². The molecule has 0 unspecified atom stereocenters. The van der Waals surface area contributed by atoms with Crippen LogP contribution in [-0.4, -0.2) is 29.8 Å². The number of carbonyl (C=O) groups is 2. The lowest BCUT2D eigenvalue weighted by molar-refractivity contribution is 0.0792. The third kappa shape index (κ3) is 4.07. The minimum Gasteiger partial charge on any atom is -0.347 e. The van der Waals surface area contributed by atoms with E-state index in [9.17, 15) is 9.59 Å². The molecular formula is C17H16Br2N2O2S. The first-order chi connectivity index (χ1) is 11.5. The molecule has 24 heavy (non-hydrogen) atoms. The molecule has 7 heteroatoms. The molecule has 126 valence electrons. The molecule has 0 atom stereocenters. The maximum atomic E-state index is 12.4. The van der Waals surface area contributed by atoms with Gasteiger partial charge in [-0.2, -0.15) is 0 Å². The highest BCUT2D eigenvalue weighted by molar-refractivity contribution is 9.13. The number of carbonyl (C=O) groups excluding carboxylic acids is 2. The van der Waals surface area contributed by atoms with E-state index >= 15 is 0 Å². The third-order valence-corrected chi connectivity index (χ3v) is 7.14. The van der Waals surface area contributed by atoms with Gasteiger partial charge in [0.05, 0.1) is 8.66 Å². The molecule has 4 nitrogen and oxygen atoms in total. The number of hydrogen-bond acceptors (Lipinski definition) is 3. The van der Waals surface area contributed by atoms with Gasteiger partial charge in [-0.15, -0.1) is 11.3 Å². The van der Waals surface area contributed by atoms with E-state index < -0.39 is 0 Å². The maximum absolute atomic E-state index is 12.4. The summed E-state index contributed by atoms with van der Waals surface area (Å²) in [6.45, 7) is 2.07. The number of hydrogen-bond donors (Lipinski definition) is 1. The summed E-state index contributed by atoms with van der Waals surface area (Å²) in [4.78, 5) is 27.1. The van der Waals surface area contributed by atoms with Crippen molar-refractivity contribution in [3.8, 4) is 0 Å². The summed E-state index contributed by atoms with van der Waals surface area (Å²) >= 11 is 8.15. The van der Waals surface area contributed by atoms with Gasteiger partial charge in [-0.3, -0.25) is 9.59 Å². The first-order valence-corrected chi connectivity index (χ1v) is 10.1. The molecule has 1 aromatic heterocycles. The van der Waals surface area contributed by atoms with Crippen LogP contribution in [0.4, 0.5) is 0 Å². The second kappa shape index (κ2) is 7.80. The minimum absolute atomic E-state index is 0.0757. The van der Waals surface area contributed by atoms with Crippen LogP contribution >= 0.6 is 43.2 Å². The van der Waals surface area contributed by atoms with Crippen molar-refractivity contribution in [3.63, 3.8) is 0 Å². The van der Waals surface area contributed by atoms with Gasteiger partial charge < -0.3 is 10.2 Å². The fraction of sp³-hybridized carbons (Fsp3) is 0.294. The highest BCUT2D eigenvalue weighted by Gasteiger charge is 2.19. The predicted molar refractivity (Wildman–Crippen MR) is 102 cm³/mol. The van der Waals surface area contributed by atoms with E-state index in [0.717, 1.165) is 39.8 Å². The molecule has 2 heterocycles. The second-order valence-electron chi connectivity index (χ2n) is 5.61. The predicted octanol–water partition coefficient (Wildman–Crippen LogP) is 4.44. The number of nitrogens with zero attached hydrogens (tertiary/aromatic N) is 1. The van der Waals surface area contributed by atoms with Crippen molar-refractivity contribution in [2.75, 3.05) is 13.1 Å². The van der Waals surface area contributed by atoms with Crippen LogP contribution in [0.1, 0.15) is 38.4 Å². The number of halogens is 2. The number of nitrogens with one attached hydrogen (secondary N) is 1. The van der Waals surface area contributed by atoms with Gasteiger partial charge in [-0.1, -0.05) is 12.1 Å². The standard InChI is InChI=1S/C17H16Br2N2O2S/c18-13-9-14(24-15(13)19)16(22)20-10-11-4-3-5-12(8-11)17(23)21-6-1-2-7-21/h3-5,8-9H,1-2,6-7,10H2,(H,20,22). The Hall–Kier alpha value is -1.18.